The summed E-state index contributed by atoms with van der Waals surface area (Å²) in [5.41, 5.74) is 1.03. The van der Waals surface area contributed by atoms with Gasteiger partial charge in [0, 0.05) is 38.8 Å². The number of hydrogen-bond acceptors (Lipinski definition) is 3. The van der Waals surface area contributed by atoms with Crippen molar-refractivity contribution in [1.82, 2.24) is 9.80 Å². The van der Waals surface area contributed by atoms with E-state index in [9.17, 15) is 5.11 Å². The van der Waals surface area contributed by atoms with Gasteiger partial charge >= 0.3 is 0 Å². The van der Waals surface area contributed by atoms with E-state index in [1.165, 1.54) is 32.2 Å². The lowest BCUT2D eigenvalue weighted by Crippen LogP contribution is -2.53. The van der Waals surface area contributed by atoms with E-state index in [0.717, 1.165) is 37.7 Å². The van der Waals surface area contributed by atoms with E-state index < -0.39 is 0 Å². The van der Waals surface area contributed by atoms with Crippen molar-refractivity contribution in [2.24, 2.45) is 5.92 Å². The lowest BCUT2D eigenvalue weighted by atomic mass is 10.0. The molecule has 22 heavy (non-hydrogen) atoms. The summed E-state index contributed by atoms with van der Waals surface area (Å²) in [5.74, 6) is 0.939. The Labute approximate surface area is 134 Å². The summed E-state index contributed by atoms with van der Waals surface area (Å²) >= 11 is 0. The van der Waals surface area contributed by atoms with E-state index in [0.29, 0.717) is 6.04 Å². The van der Waals surface area contributed by atoms with Crippen molar-refractivity contribution in [3.63, 3.8) is 0 Å². The third-order valence-corrected chi connectivity index (χ3v) is 5.43. The van der Waals surface area contributed by atoms with Crippen LogP contribution in [0.5, 0.6) is 0 Å². The highest BCUT2D eigenvalue weighted by Crippen LogP contribution is 2.26. The molecular formula is C19H30N2O. The van der Waals surface area contributed by atoms with E-state index in [-0.39, 0.29) is 6.10 Å². The summed E-state index contributed by atoms with van der Waals surface area (Å²) in [7, 11) is 0. The topological polar surface area (TPSA) is 26.7 Å². The first-order valence-electron chi connectivity index (χ1n) is 8.92. The van der Waals surface area contributed by atoms with Crippen molar-refractivity contribution in [3.8, 4) is 0 Å². The van der Waals surface area contributed by atoms with Gasteiger partial charge in [-0.25, -0.2) is 0 Å². The normalized spacial score (nSPS) is 26.4. The molecule has 3 nitrogen and oxygen atoms in total. The second-order valence-electron chi connectivity index (χ2n) is 7.18. The lowest BCUT2D eigenvalue weighted by molar-refractivity contribution is 0.0339. The molecule has 3 rings (SSSR count). The van der Waals surface area contributed by atoms with Crippen LogP contribution in [0.1, 0.15) is 44.3 Å². The van der Waals surface area contributed by atoms with Crippen LogP contribution in [0.15, 0.2) is 30.3 Å². The van der Waals surface area contributed by atoms with Crippen LogP contribution in [0.25, 0.3) is 0 Å². The Kier molecular flexibility index (Phi) is 5.51. The highest BCUT2D eigenvalue weighted by atomic mass is 16.3. The minimum atomic E-state index is -0.370. The highest BCUT2D eigenvalue weighted by Gasteiger charge is 2.27. The van der Waals surface area contributed by atoms with Crippen LogP contribution in [0, 0.1) is 5.92 Å². The van der Waals surface area contributed by atoms with Gasteiger partial charge in [-0.2, -0.15) is 0 Å². The van der Waals surface area contributed by atoms with Crippen LogP contribution in [0.4, 0.5) is 0 Å². The molecule has 1 aliphatic carbocycles. The zero-order chi connectivity index (χ0) is 15.4. The third kappa shape index (κ3) is 4.09. The first-order valence-corrected chi connectivity index (χ1v) is 8.92. The Bertz CT molecular complexity index is 444. The molecule has 1 N–H and O–H groups in total. The van der Waals surface area contributed by atoms with Gasteiger partial charge in [-0.1, -0.05) is 43.2 Å². The Hall–Kier alpha value is -0.900. The number of nitrogens with zero attached hydrogens (tertiary/aromatic N) is 2. The summed E-state index contributed by atoms with van der Waals surface area (Å²) in [6.45, 7) is 7.73. The van der Waals surface area contributed by atoms with Crippen LogP contribution in [0.2, 0.25) is 0 Å². The number of β-amino-alcohol motifs (C(OH)–C–C–N with tert-alkyl or cyclic N) is 1. The maximum absolute atomic E-state index is 10.4. The SMILES string of the molecule is C[C@H]1CN(CC2CCCC2)CCN1C[C@H](O)c1ccccc1. The van der Waals surface area contributed by atoms with Crippen LogP contribution >= 0.6 is 0 Å². The second kappa shape index (κ2) is 7.58. The molecule has 1 aromatic rings. The molecule has 2 fully saturated rings. The molecule has 1 aromatic carbocycles. The maximum Gasteiger partial charge on any atom is 0.0917 e. The smallest absolute Gasteiger partial charge is 0.0917 e. The van der Waals surface area contributed by atoms with Crippen molar-refractivity contribution in [2.45, 2.75) is 44.8 Å². The van der Waals surface area contributed by atoms with Gasteiger partial charge in [0.1, 0.15) is 0 Å². The molecule has 0 bridgehead atoms. The Morgan fingerprint density at radius 3 is 2.55 bits per heavy atom. The van der Waals surface area contributed by atoms with Crippen molar-refractivity contribution in [3.05, 3.63) is 35.9 Å². The fourth-order valence-electron chi connectivity index (χ4n) is 4.07. The monoisotopic (exact) mass is 302 g/mol. The summed E-state index contributed by atoms with van der Waals surface area (Å²) < 4.78 is 0. The number of hydrogen-bond donors (Lipinski definition) is 1. The quantitative estimate of drug-likeness (QED) is 0.906. The second-order valence-corrected chi connectivity index (χ2v) is 7.18. The van der Waals surface area contributed by atoms with Gasteiger partial charge in [-0.15, -0.1) is 0 Å². The highest BCUT2D eigenvalue weighted by molar-refractivity contribution is 5.17. The average molecular weight is 302 g/mol. The molecule has 3 heteroatoms. The summed E-state index contributed by atoms with van der Waals surface area (Å²) in [5, 5.41) is 10.4. The van der Waals surface area contributed by atoms with Crippen molar-refractivity contribution < 1.29 is 5.11 Å². The molecule has 0 radical (unpaired) electrons. The van der Waals surface area contributed by atoms with Crippen LogP contribution in [-0.4, -0.2) is 53.7 Å². The van der Waals surface area contributed by atoms with Crippen molar-refractivity contribution in [2.75, 3.05) is 32.7 Å². The fraction of sp³-hybridized carbons (Fsp3) is 0.684. The number of piperazine rings is 1. The standard InChI is InChI=1S/C19H30N2O/c1-16-13-20(14-17-7-5-6-8-17)11-12-21(16)15-19(22)18-9-3-2-4-10-18/h2-4,9-10,16-17,19,22H,5-8,11-15H2,1H3/t16-,19-/m0/s1. The fourth-order valence-corrected chi connectivity index (χ4v) is 4.07. The summed E-state index contributed by atoms with van der Waals surface area (Å²) in [6, 6.07) is 10.6. The minimum Gasteiger partial charge on any atom is -0.387 e. The number of benzene rings is 1. The van der Waals surface area contributed by atoms with E-state index in [1.807, 2.05) is 30.3 Å². The maximum atomic E-state index is 10.4. The van der Waals surface area contributed by atoms with Gasteiger partial charge in [0.05, 0.1) is 6.10 Å². The van der Waals surface area contributed by atoms with Gasteiger partial charge in [0.25, 0.3) is 0 Å². The van der Waals surface area contributed by atoms with E-state index in [4.69, 9.17) is 0 Å². The third-order valence-electron chi connectivity index (χ3n) is 5.43. The summed E-state index contributed by atoms with van der Waals surface area (Å²) in [4.78, 5) is 5.09. The largest absolute Gasteiger partial charge is 0.387 e. The summed E-state index contributed by atoms with van der Waals surface area (Å²) in [6.07, 6.45) is 5.36. The van der Waals surface area contributed by atoms with E-state index in [2.05, 4.69) is 16.7 Å². The first kappa shape index (κ1) is 16.0. The number of aliphatic hydroxyl groups is 1. The minimum absolute atomic E-state index is 0.370. The van der Waals surface area contributed by atoms with Crippen LogP contribution < -0.4 is 0 Å². The van der Waals surface area contributed by atoms with E-state index >= 15 is 0 Å². The van der Waals surface area contributed by atoms with Gasteiger partial charge in [-0.05, 0) is 31.2 Å². The van der Waals surface area contributed by atoms with Crippen LogP contribution in [0.3, 0.4) is 0 Å². The van der Waals surface area contributed by atoms with Crippen LogP contribution in [-0.2, 0) is 0 Å². The molecule has 2 aliphatic rings. The Morgan fingerprint density at radius 2 is 1.86 bits per heavy atom. The molecule has 0 amide bonds. The zero-order valence-corrected chi connectivity index (χ0v) is 13.8. The molecule has 1 saturated carbocycles. The van der Waals surface area contributed by atoms with Gasteiger partial charge in [0.2, 0.25) is 0 Å². The molecule has 1 aliphatic heterocycles. The van der Waals surface area contributed by atoms with E-state index in [1.54, 1.807) is 0 Å². The molecule has 1 saturated heterocycles. The zero-order valence-electron chi connectivity index (χ0n) is 13.8. The van der Waals surface area contributed by atoms with Crippen molar-refractivity contribution in [1.29, 1.82) is 0 Å². The predicted octanol–water partition coefficient (Wildman–Crippen LogP) is 2.92. The Balaban J connectivity index is 1.48. The first-order chi connectivity index (χ1) is 10.7. The van der Waals surface area contributed by atoms with Gasteiger partial charge < -0.3 is 10.0 Å². The molecular weight excluding hydrogens is 272 g/mol. The molecule has 2 atom stereocenters. The van der Waals surface area contributed by atoms with Gasteiger partial charge in [-0.3, -0.25) is 4.90 Å². The predicted molar refractivity (Wildman–Crippen MR) is 90.8 cm³/mol. The molecule has 1 heterocycles. The molecule has 122 valence electrons. The number of aliphatic hydroxyl groups excluding tert-OH is 1. The molecule has 0 aromatic heterocycles. The van der Waals surface area contributed by atoms with Gasteiger partial charge in [0.15, 0.2) is 0 Å². The molecule has 0 spiro atoms. The lowest BCUT2D eigenvalue weighted by Gasteiger charge is -2.41. The number of rotatable bonds is 5. The van der Waals surface area contributed by atoms with Crippen molar-refractivity contribution >= 4 is 0 Å². The average Bonchev–Trinajstić information content (AvgIpc) is 3.04. The molecule has 0 unspecified atom stereocenters. The Morgan fingerprint density at radius 1 is 1.14 bits per heavy atom.